The van der Waals surface area contributed by atoms with Gasteiger partial charge in [-0.3, -0.25) is 5.10 Å². The Bertz CT molecular complexity index is 519. The maximum atomic E-state index is 4.34. The quantitative estimate of drug-likeness (QED) is 0.676. The van der Waals surface area contributed by atoms with E-state index in [1.807, 2.05) is 19.1 Å². The summed E-state index contributed by atoms with van der Waals surface area (Å²) in [6.07, 6.45) is 3.52. The second-order valence-corrected chi connectivity index (χ2v) is 3.64. The standard InChI is InChI=1S/C12H16N6/c1-3-6-14-10-8-9(5-7-15-10)11-16-12(13-4-2)18-17-11/h3,5,7-8H,1,4,6H2,2H3,(H,14,15)(H2,13,16,17,18). The minimum absolute atomic E-state index is 0.602. The molecule has 6 nitrogen and oxygen atoms in total. The number of hydrogen-bond donors (Lipinski definition) is 3. The summed E-state index contributed by atoms with van der Waals surface area (Å²) in [6, 6.07) is 3.80. The summed E-state index contributed by atoms with van der Waals surface area (Å²) in [7, 11) is 0. The summed E-state index contributed by atoms with van der Waals surface area (Å²) in [5.74, 6) is 2.11. The Morgan fingerprint density at radius 3 is 3.11 bits per heavy atom. The van der Waals surface area contributed by atoms with Crippen LogP contribution in [-0.4, -0.2) is 33.3 Å². The third kappa shape index (κ3) is 2.85. The highest BCUT2D eigenvalue weighted by Gasteiger charge is 2.05. The molecule has 0 spiro atoms. The molecule has 0 aliphatic carbocycles. The van der Waals surface area contributed by atoms with E-state index in [1.54, 1.807) is 12.3 Å². The number of pyridine rings is 1. The Morgan fingerprint density at radius 2 is 2.33 bits per heavy atom. The van der Waals surface area contributed by atoms with Gasteiger partial charge in [-0.15, -0.1) is 11.7 Å². The number of H-pyrrole nitrogens is 1. The monoisotopic (exact) mass is 244 g/mol. The zero-order valence-electron chi connectivity index (χ0n) is 10.3. The smallest absolute Gasteiger partial charge is 0.242 e. The van der Waals surface area contributed by atoms with Gasteiger partial charge in [0.2, 0.25) is 5.95 Å². The average Bonchev–Trinajstić information content (AvgIpc) is 2.86. The van der Waals surface area contributed by atoms with Gasteiger partial charge in [0.15, 0.2) is 5.82 Å². The fraction of sp³-hybridized carbons (Fsp3) is 0.250. The molecule has 0 amide bonds. The molecule has 0 saturated carbocycles. The summed E-state index contributed by atoms with van der Waals surface area (Å²) < 4.78 is 0. The van der Waals surface area contributed by atoms with Crippen molar-refractivity contribution in [2.24, 2.45) is 0 Å². The second kappa shape index (κ2) is 5.81. The average molecular weight is 244 g/mol. The van der Waals surface area contributed by atoms with Crippen molar-refractivity contribution in [2.75, 3.05) is 23.7 Å². The van der Waals surface area contributed by atoms with Crippen molar-refractivity contribution in [1.29, 1.82) is 0 Å². The maximum absolute atomic E-state index is 4.34. The first-order valence-corrected chi connectivity index (χ1v) is 5.81. The van der Waals surface area contributed by atoms with Gasteiger partial charge in [0.25, 0.3) is 0 Å². The highest BCUT2D eigenvalue weighted by Crippen LogP contribution is 2.18. The molecular formula is C12H16N6. The fourth-order valence-electron chi connectivity index (χ4n) is 1.48. The van der Waals surface area contributed by atoms with Crippen LogP contribution in [0, 0.1) is 0 Å². The van der Waals surface area contributed by atoms with Gasteiger partial charge in [-0.25, -0.2) is 4.98 Å². The van der Waals surface area contributed by atoms with E-state index in [2.05, 4.69) is 37.4 Å². The summed E-state index contributed by atoms with van der Waals surface area (Å²) in [5.41, 5.74) is 0.938. The highest BCUT2D eigenvalue weighted by atomic mass is 15.3. The zero-order chi connectivity index (χ0) is 12.8. The molecule has 2 rings (SSSR count). The van der Waals surface area contributed by atoms with Crippen molar-refractivity contribution in [3.8, 4) is 11.4 Å². The number of aromatic nitrogens is 4. The molecule has 2 aromatic rings. The van der Waals surface area contributed by atoms with Gasteiger partial charge >= 0.3 is 0 Å². The molecule has 0 atom stereocenters. The topological polar surface area (TPSA) is 78.5 Å². The Labute approximate surface area is 106 Å². The minimum Gasteiger partial charge on any atom is -0.367 e. The third-order valence-electron chi connectivity index (χ3n) is 2.28. The number of nitrogens with one attached hydrogen (secondary N) is 3. The van der Waals surface area contributed by atoms with Gasteiger partial charge in [0.05, 0.1) is 0 Å². The molecule has 0 aromatic carbocycles. The summed E-state index contributed by atoms with van der Waals surface area (Å²) in [4.78, 5) is 8.55. The Hall–Kier alpha value is -2.37. The molecule has 94 valence electrons. The van der Waals surface area contributed by atoms with Crippen LogP contribution >= 0.6 is 0 Å². The summed E-state index contributed by atoms with van der Waals surface area (Å²) in [6.45, 7) is 7.12. The van der Waals surface area contributed by atoms with E-state index in [4.69, 9.17) is 0 Å². The van der Waals surface area contributed by atoms with Crippen molar-refractivity contribution in [3.63, 3.8) is 0 Å². The number of hydrogen-bond acceptors (Lipinski definition) is 5. The SMILES string of the molecule is C=CCNc1cc(-c2nc(NCC)n[nH]2)ccn1. The van der Waals surface area contributed by atoms with E-state index in [-0.39, 0.29) is 0 Å². The molecule has 0 saturated heterocycles. The molecule has 2 heterocycles. The first-order valence-electron chi connectivity index (χ1n) is 5.81. The molecule has 0 fully saturated rings. The molecule has 0 unspecified atom stereocenters. The Kier molecular flexibility index (Phi) is 3.90. The summed E-state index contributed by atoms with van der Waals surface area (Å²) >= 11 is 0. The lowest BCUT2D eigenvalue weighted by Gasteiger charge is -2.03. The normalized spacial score (nSPS) is 10.1. The Balaban J connectivity index is 2.18. The van der Waals surface area contributed by atoms with E-state index < -0.39 is 0 Å². The van der Waals surface area contributed by atoms with E-state index in [9.17, 15) is 0 Å². The van der Waals surface area contributed by atoms with E-state index in [0.29, 0.717) is 12.5 Å². The predicted molar refractivity (Wildman–Crippen MR) is 72.5 cm³/mol. The van der Waals surface area contributed by atoms with Crippen LogP contribution < -0.4 is 10.6 Å². The molecule has 2 aromatic heterocycles. The van der Waals surface area contributed by atoms with E-state index in [0.717, 1.165) is 23.8 Å². The molecule has 0 radical (unpaired) electrons. The number of nitrogens with zero attached hydrogens (tertiary/aromatic N) is 3. The number of anilines is 2. The van der Waals surface area contributed by atoms with Crippen LogP contribution in [0.15, 0.2) is 31.0 Å². The van der Waals surface area contributed by atoms with Crippen LogP contribution in [0.1, 0.15) is 6.92 Å². The molecular weight excluding hydrogens is 228 g/mol. The van der Waals surface area contributed by atoms with Crippen molar-refractivity contribution >= 4 is 11.8 Å². The third-order valence-corrected chi connectivity index (χ3v) is 2.28. The number of aromatic amines is 1. The predicted octanol–water partition coefficient (Wildman–Crippen LogP) is 1.90. The fourth-order valence-corrected chi connectivity index (χ4v) is 1.48. The van der Waals surface area contributed by atoms with E-state index in [1.165, 1.54) is 0 Å². The van der Waals surface area contributed by atoms with E-state index >= 15 is 0 Å². The van der Waals surface area contributed by atoms with Crippen molar-refractivity contribution in [1.82, 2.24) is 20.2 Å². The highest BCUT2D eigenvalue weighted by molar-refractivity contribution is 5.60. The van der Waals surface area contributed by atoms with Gasteiger partial charge < -0.3 is 10.6 Å². The summed E-state index contributed by atoms with van der Waals surface area (Å²) in [5, 5.41) is 13.1. The zero-order valence-corrected chi connectivity index (χ0v) is 10.3. The van der Waals surface area contributed by atoms with Gasteiger partial charge in [-0.05, 0) is 19.1 Å². The van der Waals surface area contributed by atoms with Crippen LogP contribution in [0.3, 0.4) is 0 Å². The van der Waals surface area contributed by atoms with Crippen molar-refractivity contribution in [3.05, 3.63) is 31.0 Å². The minimum atomic E-state index is 0.602. The largest absolute Gasteiger partial charge is 0.367 e. The van der Waals surface area contributed by atoms with Crippen LogP contribution in [0.5, 0.6) is 0 Å². The van der Waals surface area contributed by atoms with Crippen LogP contribution in [0.4, 0.5) is 11.8 Å². The van der Waals surface area contributed by atoms with Crippen LogP contribution in [0.2, 0.25) is 0 Å². The van der Waals surface area contributed by atoms with Gasteiger partial charge in [0, 0.05) is 24.8 Å². The molecule has 18 heavy (non-hydrogen) atoms. The van der Waals surface area contributed by atoms with Gasteiger partial charge in [0.1, 0.15) is 5.82 Å². The molecule has 0 bridgehead atoms. The van der Waals surface area contributed by atoms with Gasteiger partial charge in [-0.2, -0.15) is 4.98 Å². The van der Waals surface area contributed by atoms with Crippen molar-refractivity contribution < 1.29 is 0 Å². The second-order valence-electron chi connectivity index (χ2n) is 3.64. The molecule has 0 aliphatic heterocycles. The van der Waals surface area contributed by atoms with Crippen LogP contribution in [-0.2, 0) is 0 Å². The molecule has 0 aliphatic rings. The maximum Gasteiger partial charge on any atom is 0.242 e. The number of rotatable bonds is 6. The first kappa shape index (κ1) is 12.1. The lowest BCUT2D eigenvalue weighted by Crippen LogP contribution is -2.00. The first-order chi connectivity index (χ1) is 8.83. The van der Waals surface area contributed by atoms with Gasteiger partial charge in [-0.1, -0.05) is 6.08 Å². The van der Waals surface area contributed by atoms with Crippen LogP contribution in [0.25, 0.3) is 11.4 Å². The lowest BCUT2D eigenvalue weighted by molar-refractivity contribution is 1.06. The van der Waals surface area contributed by atoms with Crippen molar-refractivity contribution in [2.45, 2.75) is 6.92 Å². The molecule has 3 N–H and O–H groups in total. The lowest BCUT2D eigenvalue weighted by atomic mass is 10.2. The Morgan fingerprint density at radius 1 is 1.44 bits per heavy atom. The molecule has 6 heteroatoms.